The van der Waals surface area contributed by atoms with Crippen LogP contribution < -0.4 is 5.43 Å². The topological polar surface area (TPSA) is 64.1 Å². The number of hydrogen-bond acceptors (Lipinski definition) is 4. The summed E-state index contributed by atoms with van der Waals surface area (Å²) in [6.07, 6.45) is 2.87. The highest BCUT2D eigenvalue weighted by Gasteiger charge is 2.13. The van der Waals surface area contributed by atoms with Gasteiger partial charge in [0.1, 0.15) is 0 Å². The van der Waals surface area contributed by atoms with Crippen molar-refractivity contribution in [1.82, 2.24) is 4.98 Å². The number of nitrogens with zero attached hydrogens (tertiary/aromatic N) is 1. The summed E-state index contributed by atoms with van der Waals surface area (Å²) in [5.74, 6) is 0. The van der Waals surface area contributed by atoms with E-state index in [1.54, 1.807) is 30.5 Å². The summed E-state index contributed by atoms with van der Waals surface area (Å²) in [5, 5.41) is 1.25. The molecule has 0 saturated carbocycles. The number of hydrogen-bond donors (Lipinski definition) is 0. The lowest BCUT2D eigenvalue weighted by atomic mass is 10.1. The molecule has 3 aromatic carbocycles. The first-order valence-corrected chi connectivity index (χ1v) is 9.95. The Hall–Kier alpha value is -3.05. The van der Waals surface area contributed by atoms with Crippen LogP contribution >= 0.6 is 0 Å². The maximum absolute atomic E-state index is 13.1. The third kappa shape index (κ3) is 2.76. The molecule has 26 heavy (non-hydrogen) atoms. The van der Waals surface area contributed by atoms with E-state index >= 15 is 0 Å². The number of fused-ring (bicyclic) bond motifs is 2. The molecule has 0 saturated heterocycles. The highest BCUT2D eigenvalue weighted by atomic mass is 32.2. The molecule has 0 atom stereocenters. The van der Waals surface area contributed by atoms with Gasteiger partial charge in [0.05, 0.1) is 10.4 Å². The summed E-state index contributed by atoms with van der Waals surface area (Å²) in [7, 11) is -3.45. The van der Waals surface area contributed by atoms with Crippen LogP contribution in [0.1, 0.15) is 0 Å². The normalized spacial score (nSPS) is 11.7. The third-order valence-corrected chi connectivity index (χ3v) is 5.54. The van der Waals surface area contributed by atoms with E-state index in [2.05, 4.69) is 4.98 Å². The molecule has 5 heteroatoms. The molecule has 0 aliphatic rings. The Morgan fingerprint density at radius 3 is 2.27 bits per heavy atom. The van der Waals surface area contributed by atoms with Gasteiger partial charge in [0.15, 0.2) is 15.3 Å². The lowest BCUT2D eigenvalue weighted by Crippen LogP contribution is -2.03. The molecule has 0 N–H and O–H groups in total. The van der Waals surface area contributed by atoms with Crippen molar-refractivity contribution in [3.8, 4) is 11.1 Å². The summed E-state index contributed by atoms with van der Waals surface area (Å²) in [5.41, 5.74) is 2.11. The molecule has 1 aromatic heterocycles. The lowest BCUT2D eigenvalue weighted by molar-refractivity contribution is 0.602. The van der Waals surface area contributed by atoms with Crippen LogP contribution in [0.5, 0.6) is 0 Å². The van der Waals surface area contributed by atoms with Crippen LogP contribution in [-0.4, -0.2) is 19.7 Å². The largest absolute Gasteiger partial charge is 0.289 e. The lowest BCUT2D eigenvalue weighted by Gasteiger charge is -2.02. The number of benzene rings is 2. The van der Waals surface area contributed by atoms with E-state index in [9.17, 15) is 13.2 Å². The number of rotatable bonds is 2. The molecule has 4 rings (SSSR count). The molecule has 128 valence electrons. The maximum Gasteiger partial charge on any atom is 0.195 e. The molecule has 0 bridgehead atoms. The predicted molar refractivity (Wildman–Crippen MR) is 104 cm³/mol. The van der Waals surface area contributed by atoms with Crippen molar-refractivity contribution >= 4 is 31.5 Å². The minimum atomic E-state index is -3.45. The molecule has 0 amide bonds. The van der Waals surface area contributed by atoms with E-state index in [0.717, 1.165) is 17.4 Å². The highest BCUT2D eigenvalue weighted by molar-refractivity contribution is 7.91. The van der Waals surface area contributed by atoms with E-state index in [-0.39, 0.29) is 10.3 Å². The van der Waals surface area contributed by atoms with Crippen molar-refractivity contribution in [2.45, 2.75) is 4.90 Å². The van der Waals surface area contributed by atoms with Crippen molar-refractivity contribution < 1.29 is 8.42 Å². The summed E-state index contributed by atoms with van der Waals surface area (Å²) < 4.78 is 24.1. The second kappa shape index (κ2) is 6.04. The van der Waals surface area contributed by atoms with E-state index in [0.29, 0.717) is 21.7 Å². The minimum Gasteiger partial charge on any atom is -0.289 e. The standard InChI is InChI=1S/C21H15NO3S/c1-26(24,25)20-9-5-8-17-16(20)10-11-19-18(21(17)23)12-15(13-22-19)14-6-3-2-4-7-14/h2-13H,1H3. The minimum absolute atomic E-state index is 0.149. The van der Waals surface area contributed by atoms with Crippen LogP contribution in [0.15, 0.2) is 82.6 Å². The van der Waals surface area contributed by atoms with Gasteiger partial charge in [0.2, 0.25) is 0 Å². The zero-order valence-corrected chi connectivity index (χ0v) is 14.8. The van der Waals surface area contributed by atoms with Gasteiger partial charge in [0.25, 0.3) is 0 Å². The Labute approximate surface area is 150 Å². The van der Waals surface area contributed by atoms with Crippen LogP contribution in [0.3, 0.4) is 0 Å². The smallest absolute Gasteiger partial charge is 0.195 e. The summed E-state index contributed by atoms with van der Waals surface area (Å²) in [6, 6.07) is 19.6. The number of sulfone groups is 1. The molecule has 4 aromatic rings. The van der Waals surface area contributed by atoms with Crippen molar-refractivity contribution in [2.24, 2.45) is 0 Å². The summed E-state index contributed by atoms with van der Waals surface area (Å²) in [6.45, 7) is 0. The monoisotopic (exact) mass is 361 g/mol. The maximum atomic E-state index is 13.1. The van der Waals surface area contributed by atoms with E-state index < -0.39 is 9.84 Å². The van der Waals surface area contributed by atoms with Gasteiger partial charge in [-0.05, 0) is 23.8 Å². The first-order chi connectivity index (χ1) is 12.4. The van der Waals surface area contributed by atoms with Crippen LogP contribution in [0, 0.1) is 0 Å². The van der Waals surface area contributed by atoms with Gasteiger partial charge in [-0.3, -0.25) is 9.78 Å². The molecule has 4 nitrogen and oxygen atoms in total. The molecule has 0 spiro atoms. The SMILES string of the molecule is CS(=O)(=O)c1cccc2c(=O)c3cc(-c4ccccc4)cnc3ccc12. The summed E-state index contributed by atoms with van der Waals surface area (Å²) >= 11 is 0. The van der Waals surface area contributed by atoms with Gasteiger partial charge >= 0.3 is 0 Å². The van der Waals surface area contributed by atoms with Gasteiger partial charge in [-0.1, -0.05) is 48.5 Å². The number of aromatic nitrogens is 1. The molecule has 0 radical (unpaired) electrons. The molecule has 1 heterocycles. The molecular weight excluding hydrogens is 346 g/mol. The Morgan fingerprint density at radius 1 is 0.769 bits per heavy atom. The molecule has 0 aliphatic carbocycles. The van der Waals surface area contributed by atoms with E-state index in [1.165, 1.54) is 6.07 Å². The van der Waals surface area contributed by atoms with Gasteiger partial charge in [-0.15, -0.1) is 0 Å². The Morgan fingerprint density at radius 2 is 1.54 bits per heavy atom. The quantitative estimate of drug-likeness (QED) is 0.544. The summed E-state index contributed by atoms with van der Waals surface area (Å²) in [4.78, 5) is 17.7. The molecule has 0 fully saturated rings. The van der Waals surface area contributed by atoms with Crippen molar-refractivity contribution in [3.05, 3.63) is 83.2 Å². The fourth-order valence-electron chi connectivity index (χ4n) is 3.12. The average Bonchev–Trinajstić information content (AvgIpc) is 2.78. The molecule has 0 unspecified atom stereocenters. The van der Waals surface area contributed by atoms with Crippen LogP contribution in [0.25, 0.3) is 32.8 Å². The van der Waals surface area contributed by atoms with Crippen molar-refractivity contribution in [1.29, 1.82) is 0 Å². The second-order valence-electron chi connectivity index (χ2n) is 6.17. The van der Waals surface area contributed by atoms with E-state index in [4.69, 9.17) is 0 Å². The van der Waals surface area contributed by atoms with Crippen LogP contribution in [0.4, 0.5) is 0 Å². The third-order valence-electron chi connectivity index (χ3n) is 4.39. The molecular formula is C21H15NO3S. The van der Waals surface area contributed by atoms with Gasteiger partial charge in [-0.25, -0.2) is 8.42 Å². The van der Waals surface area contributed by atoms with Crippen LogP contribution in [0.2, 0.25) is 0 Å². The Bertz CT molecular complexity index is 1310. The zero-order valence-electron chi connectivity index (χ0n) is 14.0. The zero-order chi connectivity index (χ0) is 18.3. The fourth-order valence-corrected chi connectivity index (χ4v) is 4.03. The average molecular weight is 361 g/mol. The second-order valence-corrected chi connectivity index (χ2v) is 8.16. The predicted octanol–water partition coefficient (Wildman–Crippen LogP) is 3.82. The first kappa shape index (κ1) is 16.4. The van der Waals surface area contributed by atoms with Crippen molar-refractivity contribution in [3.63, 3.8) is 0 Å². The van der Waals surface area contributed by atoms with Crippen LogP contribution in [-0.2, 0) is 9.84 Å². The van der Waals surface area contributed by atoms with Gasteiger partial charge in [0, 0.05) is 34.2 Å². The highest BCUT2D eigenvalue weighted by Crippen LogP contribution is 2.24. The fraction of sp³-hybridized carbons (Fsp3) is 0.0476. The number of pyridine rings is 1. The Balaban J connectivity index is 2.12. The first-order valence-electron chi connectivity index (χ1n) is 8.06. The van der Waals surface area contributed by atoms with Gasteiger partial charge < -0.3 is 0 Å². The molecule has 0 aliphatic heterocycles. The Kier molecular flexibility index (Phi) is 3.81. The van der Waals surface area contributed by atoms with Gasteiger partial charge in [-0.2, -0.15) is 0 Å². The van der Waals surface area contributed by atoms with E-state index in [1.807, 2.05) is 36.4 Å². The van der Waals surface area contributed by atoms with Crippen molar-refractivity contribution in [2.75, 3.05) is 6.26 Å².